The molecule has 0 heterocycles. The number of rotatable bonds is 8. The van der Waals surface area contributed by atoms with E-state index in [1.807, 2.05) is 19.1 Å². The summed E-state index contributed by atoms with van der Waals surface area (Å²) in [4.78, 5) is 23.0. The predicted molar refractivity (Wildman–Crippen MR) is 96.5 cm³/mol. The first kappa shape index (κ1) is 18.8. The molecular weight excluding hydrogens is 342 g/mol. The van der Waals surface area contributed by atoms with Gasteiger partial charge in [0.2, 0.25) is 0 Å². The molecule has 1 amide bonds. The van der Waals surface area contributed by atoms with Gasteiger partial charge in [-0.25, -0.2) is 0 Å². The molecule has 1 unspecified atom stereocenters. The van der Waals surface area contributed by atoms with Gasteiger partial charge < -0.3 is 14.8 Å². The molecule has 0 radical (unpaired) electrons. The second kappa shape index (κ2) is 9.08. The van der Waals surface area contributed by atoms with Crippen molar-refractivity contribution in [2.75, 3.05) is 13.7 Å². The molecule has 5 nitrogen and oxygen atoms in total. The minimum absolute atomic E-state index is 0.118. The molecule has 0 fully saturated rings. The molecule has 1 N–H and O–H groups in total. The van der Waals surface area contributed by atoms with Crippen LogP contribution in [0, 0.1) is 0 Å². The van der Waals surface area contributed by atoms with Crippen molar-refractivity contribution in [2.45, 2.75) is 19.4 Å². The van der Waals surface area contributed by atoms with Crippen molar-refractivity contribution >= 4 is 23.8 Å². The number of methoxy groups -OCH3 is 1. The number of halogens is 1. The summed E-state index contributed by atoms with van der Waals surface area (Å²) in [5.41, 5.74) is 1.45. The summed E-state index contributed by atoms with van der Waals surface area (Å²) < 4.78 is 10.7. The number of ether oxygens (including phenoxy) is 2. The first-order valence-corrected chi connectivity index (χ1v) is 8.26. The van der Waals surface area contributed by atoms with Crippen molar-refractivity contribution in [3.8, 4) is 11.5 Å². The van der Waals surface area contributed by atoms with Gasteiger partial charge >= 0.3 is 0 Å². The first-order chi connectivity index (χ1) is 12.1. The minimum Gasteiger partial charge on any atom is -0.493 e. The number of amides is 1. The van der Waals surface area contributed by atoms with Crippen LogP contribution in [0.5, 0.6) is 11.5 Å². The van der Waals surface area contributed by atoms with Crippen LogP contribution in [0.1, 0.15) is 35.3 Å². The highest BCUT2D eigenvalue weighted by molar-refractivity contribution is 6.30. The van der Waals surface area contributed by atoms with Crippen LogP contribution in [0.2, 0.25) is 5.02 Å². The quantitative estimate of drug-likeness (QED) is 0.726. The number of carbonyl (C=O) groups excluding carboxylic acids is 2. The summed E-state index contributed by atoms with van der Waals surface area (Å²) in [7, 11) is 1.48. The molecule has 2 aromatic carbocycles. The molecule has 2 aromatic rings. The Morgan fingerprint density at radius 2 is 1.92 bits per heavy atom. The third kappa shape index (κ3) is 5.22. The number of benzene rings is 2. The summed E-state index contributed by atoms with van der Waals surface area (Å²) in [5, 5.41) is 3.58. The van der Waals surface area contributed by atoms with Gasteiger partial charge in [-0.2, -0.15) is 0 Å². The van der Waals surface area contributed by atoms with Crippen LogP contribution >= 0.6 is 11.6 Å². The predicted octanol–water partition coefficient (Wildman–Crippen LogP) is 3.81. The van der Waals surface area contributed by atoms with E-state index in [0.717, 1.165) is 18.3 Å². The average Bonchev–Trinajstić information content (AvgIpc) is 2.65. The normalized spacial score (nSPS) is 11.5. The fraction of sp³-hybridized carbons (Fsp3) is 0.263. The molecule has 0 aliphatic carbocycles. The molecule has 2 rings (SSSR count). The highest BCUT2D eigenvalue weighted by Gasteiger charge is 2.14. The van der Waals surface area contributed by atoms with E-state index in [0.29, 0.717) is 22.1 Å². The van der Waals surface area contributed by atoms with Crippen molar-refractivity contribution in [2.24, 2.45) is 0 Å². The topological polar surface area (TPSA) is 64.6 Å². The Morgan fingerprint density at radius 3 is 2.52 bits per heavy atom. The number of carbonyl (C=O) groups is 2. The van der Waals surface area contributed by atoms with Gasteiger partial charge in [-0.15, -0.1) is 0 Å². The van der Waals surface area contributed by atoms with Crippen LogP contribution in [0.4, 0.5) is 0 Å². The van der Waals surface area contributed by atoms with Gasteiger partial charge in [0.15, 0.2) is 18.1 Å². The van der Waals surface area contributed by atoms with Crippen molar-refractivity contribution in [3.63, 3.8) is 0 Å². The molecular formula is C19H20ClNO4. The van der Waals surface area contributed by atoms with E-state index < -0.39 is 0 Å². The molecule has 0 aliphatic heterocycles. The lowest BCUT2D eigenvalue weighted by atomic mass is 10.0. The van der Waals surface area contributed by atoms with Gasteiger partial charge in [0.05, 0.1) is 13.2 Å². The van der Waals surface area contributed by atoms with Crippen molar-refractivity contribution in [1.82, 2.24) is 5.32 Å². The fourth-order valence-corrected chi connectivity index (χ4v) is 2.50. The smallest absolute Gasteiger partial charge is 0.258 e. The second-order valence-corrected chi connectivity index (χ2v) is 5.83. The molecule has 0 aromatic heterocycles. The van der Waals surface area contributed by atoms with Gasteiger partial charge in [0.25, 0.3) is 5.91 Å². The summed E-state index contributed by atoms with van der Waals surface area (Å²) >= 11 is 5.89. The van der Waals surface area contributed by atoms with E-state index >= 15 is 0 Å². The number of nitrogens with one attached hydrogen (secondary N) is 1. The largest absolute Gasteiger partial charge is 0.493 e. The maximum atomic E-state index is 12.2. The summed E-state index contributed by atoms with van der Waals surface area (Å²) in [6.45, 7) is 1.84. The van der Waals surface area contributed by atoms with Crippen LogP contribution in [0.15, 0.2) is 42.5 Å². The lowest BCUT2D eigenvalue weighted by molar-refractivity contribution is -0.123. The van der Waals surface area contributed by atoms with Gasteiger partial charge in [-0.3, -0.25) is 9.59 Å². The molecule has 0 saturated heterocycles. The summed E-state index contributed by atoms with van der Waals surface area (Å²) in [6.07, 6.45) is 1.46. The molecule has 6 heteroatoms. The van der Waals surface area contributed by atoms with Crippen molar-refractivity contribution in [1.29, 1.82) is 0 Å². The van der Waals surface area contributed by atoms with Gasteiger partial charge in [-0.1, -0.05) is 30.7 Å². The zero-order valence-corrected chi connectivity index (χ0v) is 14.9. The Labute approximate surface area is 151 Å². The third-order valence-electron chi connectivity index (χ3n) is 3.70. The maximum Gasteiger partial charge on any atom is 0.258 e. The molecule has 25 heavy (non-hydrogen) atoms. The lowest BCUT2D eigenvalue weighted by Crippen LogP contribution is -2.32. The van der Waals surface area contributed by atoms with Crippen LogP contribution < -0.4 is 14.8 Å². The zero-order valence-electron chi connectivity index (χ0n) is 14.1. The fourth-order valence-electron chi connectivity index (χ4n) is 2.37. The number of hydrogen-bond donors (Lipinski definition) is 1. The van der Waals surface area contributed by atoms with Gasteiger partial charge in [-0.05, 0) is 42.3 Å². The maximum absolute atomic E-state index is 12.2. The molecule has 0 spiro atoms. The van der Waals surface area contributed by atoms with Crippen molar-refractivity contribution in [3.05, 3.63) is 58.6 Å². The zero-order chi connectivity index (χ0) is 18.2. The van der Waals surface area contributed by atoms with Crippen molar-refractivity contribution < 1.29 is 19.1 Å². The second-order valence-electron chi connectivity index (χ2n) is 5.40. The van der Waals surface area contributed by atoms with E-state index in [-0.39, 0.29) is 18.6 Å². The van der Waals surface area contributed by atoms with E-state index in [1.54, 1.807) is 30.3 Å². The van der Waals surface area contributed by atoms with E-state index in [4.69, 9.17) is 21.1 Å². The molecule has 1 atom stereocenters. The SMILES string of the molecule is CCC(NC(=O)COc1ccc(C=O)cc1OC)c1ccc(Cl)cc1. The monoisotopic (exact) mass is 361 g/mol. The van der Waals surface area contributed by atoms with Gasteiger partial charge in [0.1, 0.15) is 6.29 Å². The summed E-state index contributed by atoms with van der Waals surface area (Å²) in [6, 6.07) is 12.0. The minimum atomic E-state index is -0.247. The Bertz CT molecular complexity index is 731. The van der Waals surface area contributed by atoms with E-state index in [9.17, 15) is 9.59 Å². The Balaban J connectivity index is 1.97. The van der Waals surface area contributed by atoms with Gasteiger partial charge in [0, 0.05) is 10.6 Å². The van der Waals surface area contributed by atoms with E-state index in [1.165, 1.54) is 7.11 Å². The number of hydrogen-bond acceptors (Lipinski definition) is 4. The van der Waals surface area contributed by atoms with Crippen LogP contribution in [0.25, 0.3) is 0 Å². The third-order valence-corrected chi connectivity index (χ3v) is 3.95. The summed E-state index contributed by atoms with van der Waals surface area (Å²) in [5.74, 6) is 0.563. The number of aldehydes is 1. The molecule has 132 valence electrons. The van der Waals surface area contributed by atoms with Crippen LogP contribution in [-0.2, 0) is 4.79 Å². The Morgan fingerprint density at radius 1 is 1.20 bits per heavy atom. The molecule has 0 aliphatic rings. The van der Waals surface area contributed by atoms with Crippen LogP contribution in [-0.4, -0.2) is 25.9 Å². The first-order valence-electron chi connectivity index (χ1n) is 7.88. The van der Waals surface area contributed by atoms with Crippen LogP contribution in [0.3, 0.4) is 0 Å². The Kier molecular flexibility index (Phi) is 6.83. The molecule has 0 bridgehead atoms. The lowest BCUT2D eigenvalue weighted by Gasteiger charge is -2.18. The standard InChI is InChI=1S/C19H20ClNO4/c1-3-16(14-5-7-15(20)8-6-14)21-19(23)12-25-17-9-4-13(11-22)10-18(17)24-2/h4-11,16H,3,12H2,1-2H3,(H,21,23). The average molecular weight is 362 g/mol. The molecule has 0 saturated carbocycles. The highest BCUT2D eigenvalue weighted by Crippen LogP contribution is 2.27. The highest BCUT2D eigenvalue weighted by atomic mass is 35.5. The van der Waals surface area contributed by atoms with E-state index in [2.05, 4.69) is 5.32 Å². The Hall–Kier alpha value is -2.53.